The fourth-order valence-electron chi connectivity index (χ4n) is 2.69. The normalized spacial score (nSPS) is 10.5. The van der Waals surface area contributed by atoms with Gasteiger partial charge in [-0.3, -0.25) is 9.59 Å². The van der Waals surface area contributed by atoms with Crippen LogP contribution in [0.1, 0.15) is 27.1 Å². The van der Waals surface area contributed by atoms with E-state index in [4.69, 9.17) is 4.74 Å². The zero-order valence-corrected chi connectivity index (χ0v) is 17.5. The van der Waals surface area contributed by atoms with E-state index in [2.05, 4.69) is 25.5 Å². The Morgan fingerprint density at radius 1 is 0.903 bits per heavy atom. The molecule has 160 valence electrons. The summed E-state index contributed by atoms with van der Waals surface area (Å²) in [5.41, 5.74) is 1.40. The molecular formula is C23H25N5O3. The molecule has 0 saturated carbocycles. The molecule has 0 unspecified atom stereocenters. The molecule has 1 heterocycles. The lowest BCUT2D eigenvalue weighted by molar-refractivity contribution is 0.0951. The summed E-state index contributed by atoms with van der Waals surface area (Å²) in [5.74, 6) is 0.118. The van der Waals surface area contributed by atoms with Crippen molar-refractivity contribution in [3.05, 3.63) is 78.1 Å². The van der Waals surface area contributed by atoms with Gasteiger partial charge in [-0.25, -0.2) is 9.97 Å². The number of rotatable bonds is 9. The lowest BCUT2D eigenvalue weighted by atomic mass is 10.2. The maximum Gasteiger partial charge on any atom is 0.321 e. The van der Waals surface area contributed by atoms with Crippen molar-refractivity contribution in [3.8, 4) is 11.8 Å². The number of carbonyl (C=O) groups excluding carboxylic acids is 2. The first kappa shape index (κ1) is 21.9. The van der Waals surface area contributed by atoms with E-state index in [-0.39, 0.29) is 17.8 Å². The van der Waals surface area contributed by atoms with Crippen LogP contribution in [0.3, 0.4) is 0 Å². The van der Waals surface area contributed by atoms with E-state index in [1.807, 2.05) is 32.3 Å². The molecule has 2 amide bonds. The third-order valence-electron chi connectivity index (χ3n) is 4.32. The Morgan fingerprint density at radius 2 is 1.58 bits per heavy atom. The van der Waals surface area contributed by atoms with Crippen LogP contribution in [0.25, 0.3) is 0 Å². The summed E-state index contributed by atoms with van der Waals surface area (Å²) in [6.07, 6.45) is 3.68. The van der Waals surface area contributed by atoms with Crippen LogP contribution in [-0.4, -0.2) is 53.9 Å². The highest BCUT2D eigenvalue weighted by molar-refractivity contribution is 6.04. The average molecular weight is 419 g/mol. The topological polar surface area (TPSA) is 96.5 Å². The second-order valence-corrected chi connectivity index (χ2v) is 7.11. The average Bonchev–Trinajstić information content (AvgIpc) is 2.78. The van der Waals surface area contributed by atoms with Gasteiger partial charge >= 0.3 is 6.01 Å². The molecule has 0 radical (unpaired) electrons. The Hall–Kier alpha value is -3.78. The van der Waals surface area contributed by atoms with E-state index in [0.29, 0.717) is 29.1 Å². The number of aromatic nitrogens is 2. The fraction of sp³-hybridized carbons (Fsp3) is 0.217. The number of nitrogens with one attached hydrogen (secondary N) is 2. The molecule has 0 atom stereocenters. The van der Waals surface area contributed by atoms with Crippen LogP contribution < -0.4 is 15.4 Å². The van der Waals surface area contributed by atoms with Crippen molar-refractivity contribution in [1.82, 2.24) is 20.2 Å². The fourth-order valence-corrected chi connectivity index (χ4v) is 2.69. The largest absolute Gasteiger partial charge is 0.424 e. The second-order valence-electron chi connectivity index (χ2n) is 7.11. The summed E-state index contributed by atoms with van der Waals surface area (Å²) in [6.45, 7) is 1.52. The summed E-state index contributed by atoms with van der Waals surface area (Å²) < 4.78 is 5.52. The van der Waals surface area contributed by atoms with Crippen LogP contribution in [0.2, 0.25) is 0 Å². The minimum absolute atomic E-state index is 0.140. The number of amides is 2. The monoisotopic (exact) mass is 419 g/mol. The molecular weight excluding hydrogens is 394 g/mol. The standard InChI is InChI=1S/C23H25N5O3/c1-28(2)14-6-13-24-21(29)17-9-11-19(12-10-17)27-22(30)18-15-25-23(26-16-18)31-20-7-4-3-5-8-20/h3-5,7-12,15-16H,6,13-14H2,1-2H3,(H,24,29)(H,27,30). The van der Waals surface area contributed by atoms with Crippen LogP contribution in [0.5, 0.6) is 11.8 Å². The van der Waals surface area contributed by atoms with Crippen molar-refractivity contribution in [2.75, 3.05) is 32.5 Å². The van der Waals surface area contributed by atoms with Gasteiger partial charge in [0.25, 0.3) is 11.8 Å². The van der Waals surface area contributed by atoms with Crippen LogP contribution in [0, 0.1) is 0 Å². The predicted octanol–water partition coefficient (Wildman–Crippen LogP) is 3.20. The minimum atomic E-state index is -0.354. The number of nitrogens with zero attached hydrogens (tertiary/aromatic N) is 3. The van der Waals surface area contributed by atoms with Crippen LogP contribution in [-0.2, 0) is 0 Å². The van der Waals surface area contributed by atoms with Gasteiger partial charge in [-0.1, -0.05) is 18.2 Å². The first-order valence-electron chi connectivity index (χ1n) is 9.90. The molecule has 3 rings (SSSR count). The summed E-state index contributed by atoms with van der Waals surface area (Å²) in [5, 5.41) is 5.64. The molecule has 8 heteroatoms. The SMILES string of the molecule is CN(C)CCCNC(=O)c1ccc(NC(=O)c2cnc(Oc3ccccc3)nc2)cc1. The first-order chi connectivity index (χ1) is 15.0. The van der Waals surface area contributed by atoms with Crippen LogP contribution in [0.4, 0.5) is 5.69 Å². The minimum Gasteiger partial charge on any atom is -0.424 e. The molecule has 2 aromatic carbocycles. The van der Waals surface area contributed by atoms with Crippen LogP contribution >= 0.6 is 0 Å². The Kier molecular flexibility index (Phi) is 7.67. The molecule has 0 aliphatic rings. The van der Waals surface area contributed by atoms with Gasteiger partial charge in [-0.15, -0.1) is 0 Å². The lowest BCUT2D eigenvalue weighted by Crippen LogP contribution is -2.27. The van der Waals surface area contributed by atoms with Crippen molar-refractivity contribution < 1.29 is 14.3 Å². The van der Waals surface area contributed by atoms with E-state index in [1.165, 1.54) is 12.4 Å². The molecule has 0 spiro atoms. The van der Waals surface area contributed by atoms with E-state index < -0.39 is 0 Å². The number of benzene rings is 2. The van der Waals surface area contributed by atoms with Gasteiger partial charge in [0.05, 0.1) is 5.56 Å². The first-order valence-corrected chi connectivity index (χ1v) is 9.90. The summed E-state index contributed by atoms with van der Waals surface area (Å²) in [7, 11) is 3.99. The second kappa shape index (κ2) is 10.8. The van der Waals surface area contributed by atoms with E-state index >= 15 is 0 Å². The van der Waals surface area contributed by atoms with Crippen molar-refractivity contribution in [1.29, 1.82) is 0 Å². The zero-order valence-electron chi connectivity index (χ0n) is 17.5. The number of carbonyl (C=O) groups is 2. The van der Waals surface area contributed by atoms with Gasteiger partial charge in [0.2, 0.25) is 0 Å². The van der Waals surface area contributed by atoms with Crippen molar-refractivity contribution in [2.24, 2.45) is 0 Å². The Labute approximate surface area is 181 Å². The molecule has 31 heavy (non-hydrogen) atoms. The van der Waals surface area contributed by atoms with Crippen molar-refractivity contribution in [2.45, 2.75) is 6.42 Å². The summed E-state index contributed by atoms with van der Waals surface area (Å²) in [4.78, 5) is 34.8. The van der Waals surface area contributed by atoms with E-state index in [0.717, 1.165) is 13.0 Å². The quantitative estimate of drug-likeness (QED) is 0.517. The van der Waals surface area contributed by atoms with Gasteiger partial charge < -0.3 is 20.3 Å². The number of hydrogen-bond acceptors (Lipinski definition) is 6. The highest BCUT2D eigenvalue weighted by Gasteiger charge is 2.10. The predicted molar refractivity (Wildman–Crippen MR) is 118 cm³/mol. The maximum atomic E-state index is 12.4. The van der Waals surface area contributed by atoms with E-state index in [9.17, 15) is 9.59 Å². The lowest BCUT2D eigenvalue weighted by Gasteiger charge is -2.10. The number of anilines is 1. The summed E-state index contributed by atoms with van der Waals surface area (Å²) in [6, 6.07) is 16.0. The molecule has 3 aromatic rings. The van der Waals surface area contributed by atoms with Gasteiger partial charge in [0.1, 0.15) is 5.75 Å². The summed E-state index contributed by atoms with van der Waals surface area (Å²) >= 11 is 0. The van der Waals surface area contributed by atoms with Crippen molar-refractivity contribution >= 4 is 17.5 Å². The Morgan fingerprint density at radius 3 is 2.23 bits per heavy atom. The number of para-hydroxylation sites is 1. The smallest absolute Gasteiger partial charge is 0.321 e. The van der Waals surface area contributed by atoms with Gasteiger partial charge in [-0.2, -0.15) is 0 Å². The third-order valence-corrected chi connectivity index (χ3v) is 4.32. The molecule has 8 nitrogen and oxygen atoms in total. The molecule has 1 aromatic heterocycles. The Balaban J connectivity index is 1.51. The maximum absolute atomic E-state index is 12.4. The highest BCUT2D eigenvalue weighted by Crippen LogP contribution is 2.17. The highest BCUT2D eigenvalue weighted by atomic mass is 16.5. The zero-order chi connectivity index (χ0) is 22.1. The van der Waals surface area contributed by atoms with E-state index in [1.54, 1.807) is 36.4 Å². The number of ether oxygens (including phenoxy) is 1. The number of hydrogen-bond donors (Lipinski definition) is 2. The molecule has 0 bridgehead atoms. The molecule has 0 aliphatic heterocycles. The van der Waals surface area contributed by atoms with Crippen molar-refractivity contribution in [3.63, 3.8) is 0 Å². The van der Waals surface area contributed by atoms with Gasteiger partial charge in [-0.05, 0) is 63.5 Å². The van der Waals surface area contributed by atoms with Gasteiger partial charge in [0.15, 0.2) is 0 Å². The third kappa shape index (κ3) is 6.90. The molecule has 2 N–H and O–H groups in total. The molecule has 0 aliphatic carbocycles. The molecule has 0 saturated heterocycles. The van der Waals surface area contributed by atoms with Gasteiger partial charge in [0, 0.05) is 30.2 Å². The Bertz CT molecular complexity index is 990. The molecule has 0 fully saturated rings. The van der Waals surface area contributed by atoms with Crippen LogP contribution in [0.15, 0.2) is 67.0 Å².